The molecule has 1 heterocycles. The first kappa shape index (κ1) is 16.9. The number of ether oxygens (including phenoxy) is 1. The van der Waals surface area contributed by atoms with Crippen molar-refractivity contribution >= 4 is 10.0 Å². The van der Waals surface area contributed by atoms with Crippen LogP contribution >= 0.6 is 0 Å². The summed E-state index contributed by atoms with van der Waals surface area (Å²) in [7, 11) is -2.06. The zero-order chi connectivity index (χ0) is 17.2. The number of rotatable bonds is 6. The minimum Gasteiger partial charge on any atom is -0.494 e. The van der Waals surface area contributed by atoms with E-state index in [1.807, 2.05) is 18.2 Å². The van der Waals surface area contributed by atoms with Crippen molar-refractivity contribution in [1.29, 1.82) is 0 Å². The molecule has 8 heteroatoms. The van der Waals surface area contributed by atoms with E-state index in [0.29, 0.717) is 18.0 Å². The van der Waals surface area contributed by atoms with Crippen LogP contribution in [0.3, 0.4) is 0 Å². The number of para-hydroxylation sites is 2. The monoisotopic (exact) mass is 350 g/mol. The molecule has 3 rings (SSSR count). The number of hydrogen-bond donors (Lipinski definition) is 2. The molecule has 1 aliphatic rings. The molecule has 0 saturated heterocycles. The highest BCUT2D eigenvalue weighted by molar-refractivity contribution is 7.89. The summed E-state index contributed by atoms with van der Waals surface area (Å²) in [5, 5.41) is 4.17. The lowest BCUT2D eigenvalue weighted by molar-refractivity contribution is 0.411. The van der Waals surface area contributed by atoms with Crippen molar-refractivity contribution in [2.45, 2.75) is 30.2 Å². The van der Waals surface area contributed by atoms with Gasteiger partial charge in [0.05, 0.1) is 19.5 Å². The van der Waals surface area contributed by atoms with Crippen LogP contribution in [-0.4, -0.2) is 37.9 Å². The molecule has 3 N–H and O–H groups in total. The highest BCUT2D eigenvalue weighted by Gasteiger charge is 2.31. The second-order valence-corrected chi connectivity index (χ2v) is 7.66. The van der Waals surface area contributed by atoms with Crippen molar-refractivity contribution in [2.24, 2.45) is 11.7 Å². The fourth-order valence-corrected chi connectivity index (χ4v) is 4.41. The Morgan fingerprint density at radius 2 is 2.17 bits per heavy atom. The molecule has 0 radical (unpaired) electrons. The van der Waals surface area contributed by atoms with Crippen LogP contribution in [0.5, 0.6) is 5.75 Å². The predicted octanol–water partition coefficient (Wildman–Crippen LogP) is 1.29. The summed E-state index contributed by atoms with van der Waals surface area (Å²) in [6.07, 6.45) is 5.62. The largest absolute Gasteiger partial charge is 0.494 e. The number of nitrogens with zero attached hydrogens (tertiary/aromatic N) is 2. The number of nitrogens with one attached hydrogen (secondary N) is 1. The van der Waals surface area contributed by atoms with Gasteiger partial charge in [0.25, 0.3) is 0 Å². The Morgan fingerprint density at radius 1 is 1.38 bits per heavy atom. The maximum atomic E-state index is 12.6. The summed E-state index contributed by atoms with van der Waals surface area (Å²) in [5.41, 5.74) is 6.41. The van der Waals surface area contributed by atoms with Crippen LogP contribution in [0.15, 0.2) is 41.6 Å². The van der Waals surface area contributed by atoms with Crippen molar-refractivity contribution in [3.8, 4) is 11.4 Å². The molecule has 1 aromatic heterocycles. The Labute approximate surface area is 141 Å². The van der Waals surface area contributed by atoms with E-state index in [4.69, 9.17) is 10.5 Å². The molecule has 24 heavy (non-hydrogen) atoms. The zero-order valence-electron chi connectivity index (χ0n) is 13.6. The van der Waals surface area contributed by atoms with E-state index in [1.54, 1.807) is 13.2 Å². The lowest BCUT2D eigenvalue weighted by atomic mass is 10.1. The van der Waals surface area contributed by atoms with Crippen molar-refractivity contribution < 1.29 is 13.2 Å². The van der Waals surface area contributed by atoms with Crippen LogP contribution < -0.4 is 15.2 Å². The molecule has 7 nitrogen and oxygen atoms in total. The fourth-order valence-electron chi connectivity index (χ4n) is 3.14. The van der Waals surface area contributed by atoms with E-state index in [9.17, 15) is 8.42 Å². The summed E-state index contributed by atoms with van der Waals surface area (Å²) in [4.78, 5) is 0.135. The molecule has 1 fully saturated rings. The number of aromatic nitrogens is 2. The maximum Gasteiger partial charge on any atom is 0.243 e. The summed E-state index contributed by atoms with van der Waals surface area (Å²) in [6, 6.07) is 7.20. The summed E-state index contributed by atoms with van der Waals surface area (Å²) in [5.74, 6) is 0.820. The van der Waals surface area contributed by atoms with E-state index in [-0.39, 0.29) is 16.9 Å². The quantitative estimate of drug-likeness (QED) is 0.818. The van der Waals surface area contributed by atoms with Gasteiger partial charge in [-0.15, -0.1) is 0 Å². The smallest absolute Gasteiger partial charge is 0.243 e. The standard InChI is InChI=1S/C16H22N4O3S/c1-23-16-8-3-2-7-15(16)20-11-13(10-18-20)24(21,22)19-14-6-4-5-12(14)9-17/h2-3,7-8,10-12,14,19H,4-6,9,17H2,1H3/t12-,14-/m1/s1. The normalized spacial score (nSPS) is 21.1. The van der Waals surface area contributed by atoms with Crippen molar-refractivity contribution in [3.63, 3.8) is 0 Å². The lowest BCUT2D eigenvalue weighted by Gasteiger charge is -2.18. The van der Waals surface area contributed by atoms with Gasteiger partial charge in [-0.2, -0.15) is 5.10 Å². The molecule has 2 atom stereocenters. The maximum absolute atomic E-state index is 12.6. The van der Waals surface area contributed by atoms with Crippen LogP contribution in [0.4, 0.5) is 0 Å². The van der Waals surface area contributed by atoms with Crippen LogP contribution in [0.2, 0.25) is 0 Å². The zero-order valence-corrected chi connectivity index (χ0v) is 14.4. The lowest BCUT2D eigenvalue weighted by Crippen LogP contribution is -2.39. The van der Waals surface area contributed by atoms with E-state index >= 15 is 0 Å². The van der Waals surface area contributed by atoms with Gasteiger partial charge in [-0.25, -0.2) is 17.8 Å². The number of methoxy groups -OCH3 is 1. The Hall–Kier alpha value is -1.90. The van der Waals surface area contributed by atoms with Crippen LogP contribution in [0, 0.1) is 5.92 Å². The first-order chi connectivity index (χ1) is 11.5. The van der Waals surface area contributed by atoms with Crippen molar-refractivity contribution in [3.05, 3.63) is 36.7 Å². The topological polar surface area (TPSA) is 99.2 Å². The van der Waals surface area contributed by atoms with Gasteiger partial charge in [0, 0.05) is 6.04 Å². The van der Waals surface area contributed by atoms with Crippen molar-refractivity contribution in [2.75, 3.05) is 13.7 Å². The average molecular weight is 350 g/mol. The summed E-state index contributed by atoms with van der Waals surface area (Å²) >= 11 is 0. The first-order valence-electron chi connectivity index (χ1n) is 7.95. The van der Waals surface area contributed by atoms with Crippen LogP contribution in [0.1, 0.15) is 19.3 Å². The number of hydrogen-bond acceptors (Lipinski definition) is 5. The Bertz CT molecular complexity index is 803. The summed E-state index contributed by atoms with van der Waals surface area (Å²) in [6.45, 7) is 0.494. The van der Waals surface area contributed by atoms with E-state index in [0.717, 1.165) is 19.3 Å². The van der Waals surface area contributed by atoms with Gasteiger partial charge in [-0.3, -0.25) is 0 Å². The molecule has 0 bridgehead atoms. The Kier molecular flexibility index (Phi) is 4.88. The van der Waals surface area contributed by atoms with Gasteiger partial charge in [-0.05, 0) is 37.4 Å². The second-order valence-electron chi connectivity index (χ2n) is 5.95. The van der Waals surface area contributed by atoms with Crippen LogP contribution in [-0.2, 0) is 10.0 Å². The van der Waals surface area contributed by atoms with Gasteiger partial charge in [0.15, 0.2) is 0 Å². The van der Waals surface area contributed by atoms with E-state index in [1.165, 1.54) is 17.1 Å². The SMILES string of the molecule is COc1ccccc1-n1cc(S(=O)(=O)N[C@@H]2CCC[C@@H]2CN)cn1. The third-order valence-electron chi connectivity index (χ3n) is 4.47. The number of benzene rings is 1. The molecule has 1 aromatic carbocycles. The van der Waals surface area contributed by atoms with Gasteiger partial charge < -0.3 is 10.5 Å². The molecule has 2 aromatic rings. The predicted molar refractivity (Wildman–Crippen MR) is 90.6 cm³/mol. The number of nitrogens with two attached hydrogens (primary N) is 1. The fraction of sp³-hybridized carbons (Fsp3) is 0.438. The molecule has 0 amide bonds. The van der Waals surface area contributed by atoms with E-state index in [2.05, 4.69) is 9.82 Å². The molecule has 0 unspecified atom stereocenters. The molecule has 0 spiro atoms. The minimum atomic E-state index is -3.62. The van der Waals surface area contributed by atoms with Crippen LogP contribution in [0.25, 0.3) is 5.69 Å². The molecular weight excluding hydrogens is 328 g/mol. The van der Waals surface area contributed by atoms with Crippen molar-refractivity contribution in [1.82, 2.24) is 14.5 Å². The molecule has 130 valence electrons. The molecular formula is C16H22N4O3S. The molecule has 1 aliphatic carbocycles. The number of sulfonamides is 1. The first-order valence-corrected chi connectivity index (χ1v) is 9.44. The van der Waals surface area contributed by atoms with Gasteiger partial charge in [0.1, 0.15) is 16.3 Å². The highest BCUT2D eigenvalue weighted by atomic mass is 32.2. The van der Waals surface area contributed by atoms with Gasteiger partial charge in [-0.1, -0.05) is 18.6 Å². The Balaban J connectivity index is 1.84. The van der Waals surface area contributed by atoms with Gasteiger partial charge >= 0.3 is 0 Å². The average Bonchev–Trinajstić information content (AvgIpc) is 3.23. The third-order valence-corrected chi connectivity index (χ3v) is 5.91. The third kappa shape index (κ3) is 3.31. The highest BCUT2D eigenvalue weighted by Crippen LogP contribution is 2.27. The molecule has 1 saturated carbocycles. The van der Waals surface area contributed by atoms with E-state index < -0.39 is 10.0 Å². The van der Waals surface area contributed by atoms with Gasteiger partial charge in [0.2, 0.25) is 10.0 Å². The Morgan fingerprint density at radius 3 is 2.92 bits per heavy atom. The summed E-state index contributed by atoms with van der Waals surface area (Å²) < 4.78 is 34.8. The molecule has 0 aliphatic heterocycles. The second kappa shape index (κ2) is 6.92. The minimum absolute atomic E-state index is 0.102.